The molecule has 1 N–H and O–H groups in total. The molecule has 0 bridgehead atoms. The average molecular weight is 289 g/mol. The number of aliphatic imine (C=N–C) groups is 1. The molecule has 0 amide bonds. The predicted molar refractivity (Wildman–Crippen MR) is 81.2 cm³/mol. The standard InChI is InChI=1S/C16H14ClFN2/c1-16(2)19-14-8-7-10(17)9-12(14)15(20-16)11-5-3-4-6-13(11)18/h3-9,19H,1-2H3. The van der Waals surface area contributed by atoms with E-state index in [0.717, 1.165) is 11.3 Å². The van der Waals surface area contributed by atoms with Gasteiger partial charge in [-0.2, -0.15) is 0 Å². The molecule has 20 heavy (non-hydrogen) atoms. The molecule has 3 rings (SSSR count). The molecule has 0 unspecified atom stereocenters. The molecule has 0 spiro atoms. The van der Waals surface area contributed by atoms with Gasteiger partial charge >= 0.3 is 0 Å². The SMILES string of the molecule is CC1(C)N=C(c2ccccc2F)c2cc(Cl)ccc2N1. The second kappa shape index (κ2) is 4.60. The van der Waals surface area contributed by atoms with E-state index in [9.17, 15) is 4.39 Å². The van der Waals surface area contributed by atoms with Crippen LogP contribution in [-0.4, -0.2) is 11.4 Å². The van der Waals surface area contributed by atoms with E-state index in [4.69, 9.17) is 11.6 Å². The van der Waals surface area contributed by atoms with E-state index in [1.165, 1.54) is 6.07 Å². The summed E-state index contributed by atoms with van der Waals surface area (Å²) in [6.07, 6.45) is 0. The van der Waals surface area contributed by atoms with Gasteiger partial charge in [-0.15, -0.1) is 0 Å². The van der Waals surface area contributed by atoms with Gasteiger partial charge < -0.3 is 5.32 Å². The van der Waals surface area contributed by atoms with Crippen molar-refractivity contribution < 1.29 is 4.39 Å². The molecular formula is C16H14ClFN2. The van der Waals surface area contributed by atoms with Gasteiger partial charge in [0, 0.05) is 21.8 Å². The van der Waals surface area contributed by atoms with Crippen molar-refractivity contribution >= 4 is 23.0 Å². The molecule has 0 aliphatic carbocycles. The first-order chi connectivity index (χ1) is 9.46. The molecule has 2 aromatic rings. The van der Waals surface area contributed by atoms with Gasteiger partial charge in [0.05, 0.1) is 5.71 Å². The summed E-state index contributed by atoms with van der Waals surface area (Å²) < 4.78 is 14.1. The average Bonchev–Trinajstić information content (AvgIpc) is 2.38. The molecule has 2 nitrogen and oxygen atoms in total. The van der Waals surface area contributed by atoms with Gasteiger partial charge in [-0.3, -0.25) is 4.99 Å². The largest absolute Gasteiger partial charge is 0.361 e. The lowest BCUT2D eigenvalue weighted by molar-refractivity contribution is 0.593. The van der Waals surface area contributed by atoms with Crippen molar-refractivity contribution in [2.24, 2.45) is 4.99 Å². The van der Waals surface area contributed by atoms with E-state index in [1.54, 1.807) is 18.2 Å². The summed E-state index contributed by atoms with van der Waals surface area (Å²) in [5, 5.41) is 3.92. The van der Waals surface area contributed by atoms with Crippen LogP contribution in [0.25, 0.3) is 0 Å². The van der Waals surface area contributed by atoms with Crippen LogP contribution < -0.4 is 5.32 Å². The van der Waals surface area contributed by atoms with Gasteiger partial charge in [-0.25, -0.2) is 4.39 Å². The molecule has 4 heteroatoms. The number of nitrogens with zero attached hydrogens (tertiary/aromatic N) is 1. The maximum atomic E-state index is 14.1. The molecule has 0 radical (unpaired) electrons. The second-order valence-corrected chi connectivity index (χ2v) is 5.75. The minimum atomic E-state index is -0.488. The Morgan fingerprint density at radius 2 is 1.85 bits per heavy atom. The van der Waals surface area contributed by atoms with Gasteiger partial charge in [-0.05, 0) is 44.2 Å². The molecule has 2 aromatic carbocycles. The third kappa shape index (κ3) is 2.29. The fourth-order valence-electron chi connectivity index (χ4n) is 2.38. The van der Waals surface area contributed by atoms with Crippen LogP contribution in [0.4, 0.5) is 10.1 Å². The lowest BCUT2D eigenvalue weighted by Gasteiger charge is -2.31. The quantitative estimate of drug-likeness (QED) is 0.822. The number of halogens is 2. The Balaban J connectivity index is 2.25. The summed E-state index contributed by atoms with van der Waals surface area (Å²) in [7, 11) is 0. The van der Waals surface area contributed by atoms with Gasteiger partial charge in [0.15, 0.2) is 0 Å². The number of hydrogen-bond donors (Lipinski definition) is 1. The van der Waals surface area contributed by atoms with Crippen LogP contribution in [0.5, 0.6) is 0 Å². The Bertz CT molecular complexity index is 707. The Morgan fingerprint density at radius 3 is 2.60 bits per heavy atom. The highest BCUT2D eigenvalue weighted by molar-refractivity contribution is 6.31. The zero-order valence-corrected chi connectivity index (χ0v) is 12.0. The van der Waals surface area contributed by atoms with Gasteiger partial charge in [0.1, 0.15) is 11.5 Å². The van der Waals surface area contributed by atoms with E-state index in [-0.39, 0.29) is 5.82 Å². The van der Waals surface area contributed by atoms with Crippen LogP contribution in [0.2, 0.25) is 5.02 Å². The van der Waals surface area contributed by atoms with Gasteiger partial charge in [0.25, 0.3) is 0 Å². The Kier molecular flexibility index (Phi) is 3.02. The monoisotopic (exact) mass is 288 g/mol. The lowest BCUT2D eigenvalue weighted by Crippen LogP contribution is -2.35. The zero-order chi connectivity index (χ0) is 14.3. The van der Waals surface area contributed by atoms with Crippen molar-refractivity contribution in [2.45, 2.75) is 19.5 Å². The van der Waals surface area contributed by atoms with Crippen molar-refractivity contribution in [3.8, 4) is 0 Å². The maximum absolute atomic E-state index is 14.1. The van der Waals surface area contributed by atoms with Gasteiger partial charge in [-0.1, -0.05) is 23.7 Å². The van der Waals surface area contributed by atoms with Crippen molar-refractivity contribution in [3.63, 3.8) is 0 Å². The number of hydrogen-bond acceptors (Lipinski definition) is 2. The first-order valence-electron chi connectivity index (χ1n) is 6.39. The molecule has 1 heterocycles. The lowest BCUT2D eigenvalue weighted by atomic mass is 9.96. The van der Waals surface area contributed by atoms with Crippen LogP contribution >= 0.6 is 11.6 Å². The minimum Gasteiger partial charge on any atom is -0.361 e. The number of nitrogens with one attached hydrogen (secondary N) is 1. The maximum Gasteiger partial charge on any atom is 0.132 e. The minimum absolute atomic E-state index is 0.283. The van der Waals surface area contributed by atoms with Gasteiger partial charge in [0.2, 0.25) is 0 Å². The number of anilines is 1. The summed E-state index contributed by atoms with van der Waals surface area (Å²) >= 11 is 6.06. The highest BCUT2D eigenvalue weighted by atomic mass is 35.5. The molecule has 1 aliphatic heterocycles. The van der Waals surface area contributed by atoms with E-state index in [0.29, 0.717) is 16.3 Å². The van der Waals surface area contributed by atoms with E-state index < -0.39 is 5.66 Å². The Morgan fingerprint density at radius 1 is 1.10 bits per heavy atom. The third-order valence-electron chi connectivity index (χ3n) is 3.20. The van der Waals surface area contributed by atoms with Crippen LogP contribution in [0.3, 0.4) is 0 Å². The Labute approximate surface area is 122 Å². The molecule has 0 atom stereocenters. The topological polar surface area (TPSA) is 24.4 Å². The summed E-state index contributed by atoms with van der Waals surface area (Å²) in [5.41, 5.74) is 2.36. The molecule has 1 aliphatic rings. The summed E-state index contributed by atoms with van der Waals surface area (Å²) in [6, 6.07) is 12.2. The van der Waals surface area contributed by atoms with E-state index >= 15 is 0 Å². The molecule has 0 fully saturated rings. The number of rotatable bonds is 1. The molecule has 0 saturated heterocycles. The highest BCUT2D eigenvalue weighted by Crippen LogP contribution is 2.32. The normalized spacial score (nSPS) is 16.1. The molecular weight excluding hydrogens is 275 g/mol. The fourth-order valence-corrected chi connectivity index (χ4v) is 2.55. The molecule has 102 valence electrons. The van der Waals surface area contributed by atoms with Crippen molar-refractivity contribution in [1.82, 2.24) is 0 Å². The molecule has 0 aromatic heterocycles. The first-order valence-corrected chi connectivity index (χ1v) is 6.77. The van der Waals surface area contributed by atoms with E-state index in [1.807, 2.05) is 32.0 Å². The first kappa shape index (κ1) is 13.1. The second-order valence-electron chi connectivity index (χ2n) is 5.31. The fraction of sp³-hybridized carbons (Fsp3) is 0.188. The highest BCUT2D eigenvalue weighted by Gasteiger charge is 2.27. The summed E-state index contributed by atoms with van der Waals surface area (Å²) in [5.74, 6) is -0.283. The Hall–Kier alpha value is -1.87. The van der Waals surface area contributed by atoms with Crippen LogP contribution in [0, 0.1) is 5.82 Å². The van der Waals surface area contributed by atoms with Crippen LogP contribution in [0.1, 0.15) is 25.0 Å². The molecule has 0 saturated carbocycles. The summed E-state index contributed by atoms with van der Waals surface area (Å²) in [4.78, 5) is 4.63. The smallest absolute Gasteiger partial charge is 0.132 e. The van der Waals surface area contributed by atoms with Crippen molar-refractivity contribution in [1.29, 1.82) is 0 Å². The van der Waals surface area contributed by atoms with E-state index in [2.05, 4.69) is 10.3 Å². The van der Waals surface area contributed by atoms with Crippen LogP contribution in [-0.2, 0) is 0 Å². The zero-order valence-electron chi connectivity index (χ0n) is 11.2. The third-order valence-corrected chi connectivity index (χ3v) is 3.43. The van der Waals surface area contributed by atoms with Crippen molar-refractivity contribution in [2.75, 3.05) is 5.32 Å². The van der Waals surface area contributed by atoms with Crippen LogP contribution in [0.15, 0.2) is 47.5 Å². The van der Waals surface area contributed by atoms with Crippen molar-refractivity contribution in [3.05, 3.63) is 64.4 Å². The predicted octanol–water partition coefficient (Wildman–Crippen LogP) is 4.48. The number of fused-ring (bicyclic) bond motifs is 1. The summed E-state index contributed by atoms with van der Waals surface area (Å²) in [6.45, 7) is 3.90. The number of benzene rings is 2.